The van der Waals surface area contributed by atoms with E-state index in [2.05, 4.69) is 15.9 Å². The highest BCUT2D eigenvalue weighted by Gasteiger charge is 2.17. The summed E-state index contributed by atoms with van der Waals surface area (Å²) in [6.45, 7) is 6.04. The summed E-state index contributed by atoms with van der Waals surface area (Å²) >= 11 is 9.33. The van der Waals surface area contributed by atoms with Crippen LogP contribution in [0.3, 0.4) is 0 Å². The molecule has 78 valence electrons. The van der Waals surface area contributed by atoms with Gasteiger partial charge < -0.3 is 4.74 Å². The van der Waals surface area contributed by atoms with Crippen molar-refractivity contribution in [2.45, 2.75) is 26.4 Å². The van der Waals surface area contributed by atoms with Crippen LogP contribution in [-0.4, -0.2) is 10.9 Å². The summed E-state index contributed by atoms with van der Waals surface area (Å²) in [4.78, 5) is 0. The van der Waals surface area contributed by atoms with Crippen LogP contribution in [0.5, 0.6) is 5.75 Å². The van der Waals surface area contributed by atoms with Crippen molar-refractivity contribution in [3.05, 3.63) is 28.8 Å². The molecule has 0 saturated carbocycles. The highest BCUT2D eigenvalue weighted by atomic mass is 79.9. The normalized spacial score (nSPS) is 11.5. The Kier molecular flexibility index (Phi) is 3.85. The molecule has 0 aliphatic heterocycles. The molecule has 0 spiro atoms. The molecule has 1 aromatic rings. The number of halogens is 2. The topological polar surface area (TPSA) is 9.23 Å². The van der Waals surface area contributed by atoms with E-state index in [0.29, 0.717) is 0 Å². The third-order valence-electron chi connectivity index (χ3n) is 1.85. The number of rotatable bonds is 3. The van der Waals surface area contributed by atoms with Crippen molar-refractivity contribution in [3.63, 3.8) is 0 Å². The molecule has 1 rings (SSSR count). The second-order valence-corrected chi connectivity index (χ2v) is 4.87. The molecule has 0 aromatic heterocycles. The van der Waals surface area contributed by atoms with Gasteiger partial charge in [-0.1, -0.05) is 27.5 Å². The Bertz CT molecular complexity index is 323. The van der Waals surface area contributed by atoms with Crippen LogP contribution in [0, 0.1) is 6.92 Å². The fourth-order valence-corrected chi connectivity index (χ4v) is 1.26. The highest BCUT2D eigenvalue weighted by Crippen LogP contribution is 2.24. The summed E-state index contributed by atoms with van der Waals surface area (Å²) in [6.07, 6.45) is 0. The first-order valence-electron chi connectivity index (χ1n) is 4.46. The molecule has 0 aliphatic carbocycles. The zero-order chi connectivity index (χ0) is 10.8. The molecule has 0 unspecified atom stereocenters. The van der Waals surface area contributed by atoms with E-state index < -0.39 is 0 Å². The first-order valence-corrected chi connectivity index (χ1v) is 5.96. The van der Waals surface area contributed by atoms with E-state index in [0.717, 1.165) is 21.7 Å². The lowest BCUT2D eigenvalue weighted by Gasteiger charge is -2.24. The monoisotopic (exact) mass is 276 g/mol. The Hall–Kier alpha value is -0.210. The van der Waals surface area contributed by atoms with Gasteiger partial charge >= 0.3 is 0 Å². The van der Waals surface area contributed by atoms with Gasteiger partial charge in [0.05, 0.1) is 0 Å². The fourth-order valence-electron chi connectivity index (χ4n) is 1.03. The van der Waals surface area contributed by atoms with E-state index in [9.17, 15) is 0 Å². The van der Waals surface area contributed by atoms with E-state index >= 15 is 0 Å². The molecule has 0 amide bonds. The van der Waals surface area contributed by atoms with Crippen molar-refractivity contribution in [3.8, 4) is 5.75 Å². The molecule has 0 atom stereocenters. The van der Waals surface area contributed by atoms with Crippen molar-refractivity contribution in [2.75, 3.05) is 5.33 Å². The molecule has 0 N–H and O–H groups in total. The van der Waals surface area contributed by atoms with Crippen LogP contribution >= 0.6 is 27.5 Å². The molecule has 0 aliphatic rings. The number of alkyl halides is 1. The summed E-state index contributed by atoms with van der Waals surface area (Å²) in [5, 5.41) is 1.57. The van der Waals surface area contributed by atoms with Crippen molar-refractivity contribution >= 4 is 27.5 Å². The SMILES string of the molecule is Cc1cc(OC(C)(C)CBr)ccc1Cl. The van der Waals surface area contributed by atoms with Crippen molar-refractivity contribution in [1.82, 2.24) is 0 Å². The van der Waals surface area contributed by atoms with Crippen LogP contribution in [0.15, 0.2) is 18.2 Å². The van der Waals surface area contributed by atoms with E-state index in [1.165, 1.54) is 0 Å². The Labute approximate surface area is 98.5 Å². The number of aryl methyl sites for hydroxylation is 1. The molecule has 0 bridgehead atoms. The average molecular weight is 278 g/mol. The molecule has 14 heavy (non-hydrogen) atoms. The van der Waals surface area contributed by atoms with Crippen LogP contribution in [0.2, 0.25) is 5.02 Å². The molecule has 0 heterocycles. The maximum absolute atomic E-state index is 5.92. The quantitative estimate of drug-likeness (QED) is 0.752. The number of ether oxygens (including phenoxy) is 1. The van der Waals surface area contributed by atoms with Gasteiger partial charge in [-0.2, -0.15) is 0 Å². The van der Waals surface area contributed by atoms with Crippen LogP contribution in [0.1, 0.15) is 19.4 Å². The van der Waals surface area contributed by atoms with Gasteiger partial charge in [0.15, 0.2) is 0 Å². The zero-order valence-electron chi connectivity index (χ0n) is 8.60. The minimum atomic E-state index is -0.194. The van der Waals surface area contributed by atoms with E-state index in [1.54, 1.807) is 0 Å². The van der Waals surface area contributed by atoms with E-state index in [4.69, 9.17) is 16.3 Å². The lowest BCUT2D eigenvalue weighted by Crippen LogP contribution is -2.29. The second kappa shape index (κ2) is 4.54. The minimum Gasteiger partial charge on any atom is -0.487 e. The third kappa shape index (κ3) is 3.18. The van der Waals surface area contributed by atoms with Gasteiger partial charge in [-0.25, -0.2) is 0 Å². The summed E-state index contributed by atoms with van der Waals surface area (Å²) in [5.41, 5.74) is 0.842. The Morgan fingerprint density at radius 1 is 1.43 bits per heavy atom. The number of hydrogen-bond donors (Lipinski definition) is 0. The Balaban J connectivity index is 2.83. The predicted octanol–water partition coefficient (Wildman–Crippen LogP) is 4.20. The van der Waals surface area contributed by atoms with Crippen LogP contribution < -0.4 is 4.74 Å². The van der Waals surface area contributed by atoms with Gasteiger partial charge in [-0.3, -0.25) is 0 Å². The molecular formula is C11H14BrClO. The van der Waals surface area contributed by atoms with Crippen molar-refractivity contribution in [1.29, 1.82) is 0 Å². The first-order chi connectivity index (χ1) is 6.44. The molecule has 0 saturated heterocycles. The Morgan fingerprint density at radius 2 is 2.07 bits per heavy atom. The second-order valence-electron chi connectivity index (χ2n) is 3.91. The van der Waals surface area contributed by atoms with Gasteiger partial charge in [0, 0.05) is 10.4 Å². The van der Waals surface area contributed by atoms with Gasteiger partial charge in [0.1, 0.15) is 11.4 Å². The summed E-state index contributed by atoms with van der Waals surface area (Å²) in [7, 11) is 0. The van der Waals surface area contributed by atoms with Gasteiger partial charge in [-0.15, -0.1) is 0 Å². The standard InChI is InChI=1S/C11H14BrClO/c1-8-6-9(4-5-10(8)13)14-11(2,3)7-12/h4-6H,7H2,1-3H3. The van der Waals surface area contributed by atoms with Gasteiger partial charge in [0.25, 0.3) is 0 Å². The van der Waals surface area contributed by atoms with Crippen LogP contribution in [-0.2, 0) is 0 Å². The Morgan fingerprint density at radius 3 is 2.57 bits per heavy atom. The number of benzene rings is 1. The molecular weight excluding hydrogens is 263 g/mol. The zero-order valence-corrected chi connectivity index (χ0v) is 10.9. The average Bonchev–Trinajstić information content (AvgIpc) is 2.11. The smallest absolute Gasteiger partial charge is 0.120 e. The van der Waals surface area contributed by atoms with Gasteiger partial charge in [0.2, 0.25) is 0 Å². The van der Waals surface area contributed by atoms with Crippen molar-refractivity contribution in [2.24, 2.45) is 0 Å². The van der Waals surface area contributed by atoms with Crippen LogP contribution in [0.4, 0.5) is 0 Å². The van der Waals surface area contributed by atoms with Crippen LogP contribution in [0.25, 0.3) is 0 Å². The summed E-state index contributed by atoms with van der Waals surface area (Å²) < 4.78 is 5.78. The highest BCUT2D eigenvalue weighted by molar-refractivity contribution is 9.09. The molecule has 1 nitrogen and oxygen atoms in total. The van der Waals surface area contributed by atoms with Crippen molar-refractivity contribution < 1.29 is 4.74 Å². The van der Waals surface area contributed by atoms with Gasteiger partial charge in [-0.05, 0) is 44.5 Å². The lowest BCUT2D eigenvalue weighted by atomic mass is 10.2. The number of hydrogen-bond acceptors (Lipinski definition) is 1. The lowest BCUT2D eigenvalue weighted by molar-refractivity contribution is 0.137. The van der Waals surface area contributed by atoms with E-state index in [-0.39, 0.29) is 5.60 Å². The molecule has 0 fully saturated rings. The maximum Gasteiger partial charge on any atom is 0.120 e. The molecule has 3 heteroatoms. The summed E-state index contributed by atoms with van der Waals surface area (Å²) in [5.74, 6) is 0.858. The largest absolute Gasteiger partial charge is 0.487 e. The first kappa shape index (κ1) is 11.9. The summed E-state index contributed by atoms with van der Waals surface area (Å²) in [6, 6.07) is 5.70. The third-order valence-corrected chi connectivity index (χ3v) is 3.62. The molecule has 1 aromatic carbocycles. The maximum atomic E-state index is 5.92. The minimum absolute atomic E-state index is 0.194. The molecule has 0 radical (unpaired) electrons. The fraction of sp³-hybridized carbons (Fsp3) is 0.455. The van der Waals surface area contributed by atoms with E-state index in [1.807, 2.05) is 39.0 Å². The predicted molar refractivity (Wildman–Crippen MR) is 64.7 cm³/mol.